The zero-order valence-electron chi connectivity index (χ0n) is 53.5. The van der Waals surface area contributed by atoms with Crippen LogP contribution in [0.2, 0.25) is 0 Å². The Bertz CT molecular complexity index is 6150. The summed E-state index contributed by atoms with van der Waals surface area (Å²) < 4.78 is 11.0. The van der Waals surface area contributed by atoms with Crippen molar-refractivity contribution in [2.45, 2.75) is 19.3 Å². The van der Waals surface area contributed by atoms with Gasteiger partial charge in [0, 0.05) is 82.5 Å². The summed E-state index contributed by atoms with van der Waals surface area (Å²) in [6.45, 7) is 4.69. The van der Waals surface area contributed by atoms with Crippen LogP contribution in [0, 0.1) is 11.3 Å². The van der Waals surface area contributed by atoms with Crippen LogP contribution in [0.4, 0.5) is 0 Å². The van der Waals surface area contributed by atoms with Gasteiger partial charge in [-0.1, -0.05) is 238 Å². The standard InChI is InChI=1S/C48H34N4.C41H24N4O/c1-48(2)41-24-13-12-23-37(41)38-29-40-39-28-34(31-15-6-3-7-16-31)25-26-43(39)52(44(40)30-42(38)48)36-22-14-21-35(27-36)47-50-45(32-17-8-4-9-18-32)49-46(51-47)33-19-10-5-11-20-33;42-25-26-17-19-28(20-18-26)36-24-35(27-9-2-1-3-10-27)43-41(44-36)29-11-8-12-30(21-29)45-37-15-6-4-13-31(37)33-23-40-34(22-38(33)45)32-14-5-7-16-39(32)46-40/h3-30H,1-2H3;1-24H. The molecule has 0 unspecified atom stereocenters. The van der Waals surface area contributed by atoms with Crippen molar-refractivity contribution < 1.29 is 4.42 Å². The number of nitrogens with zero attached hydrogens (tertiary/aromatic N) is 8. The maximum absolute atomic E-state index is 9.33. The van der Waals surface area contributed by atoms with Gasteiger partial charge in [-0.2, -0.15) is 5.26 Å². The van der Waals surface area contributed by atoms with Gasteiger partial charge in [0.05, 0.1) is 45.1 Å². The van der Waals surface area contributed by atoms with Gasteiger partial charge in [0.1, 0.15) is 11.2 Å². The molecule has 0 amide bonds. The van der Waals surface area contributed by atoms with Gasteiger partial charge in [-0.3, -0.25) is 0 Å². The molecule has 1 aliphatic carbocycles. The minimum Gasteiger partial charge on any atom is -0.456 e. The minimum atomic E-state index is -0.120. The lowest BCUT2D eigenvalue weighted by molar-refractivity contribution is 0.661. The van der Waals surface area contributed by atoms with Gasteiger partial charge in [0.25, 0.3) is 0 Å². The van der Waals surface area contributed by atoms with Crippen LogP contribution in [0.3, 0.4) is 0 Å². The third kappa shape index (κ3) is 9.89. The van der Waals surface area contributed by atoms with Crippen LogP contribution >= 0.6 is 0 Å². The van der Waals surface area contributed by atoms with Crippen molar-refractivity contribution in [3.05, 3.63) is 332 Å². The molecular formula is C89H58N8O. The maximum Gasteiger partial charge on any atom is 0.164 e. The molecule has 0 saturated heterocycles. The number of benzene rings is 13. The molecule has 9 nitrogen and oxygen atoms in total. The molecule has 0 N–H and O–H groups in total. The third-order valence-electron chi connectivity index (χ3n) is 19.3. The molecule has 0 bridgehead atoms. The van der Waals surface area contributed by atoms with E-state index in [1.54, 1.807) is 0 Å². The number of fused-ring (bicyclic) bond motifs is 12. The molecule has 19 rings (SSSR count). The largest absolute Gasteiger partial charge is 0.456 e. The highest BCUT2D eigenvalue weighted by molar-refractivity contribution is 6.17. The van der Waals surface area contributed by atoms with Gasteiger partial charge < -0.3 is 13.6 Å². The SMILES string of the molecule is CC1(C)c2ccccc2-c2cc3c4cc(-c5ccccc5)ccc4n(-c4cccc(-c5nc(-c6ccccc6)nc(-c6ccccc6)n5)c4)c3cc21.N#Cc1ccc(-c2cc(-c3ccccc3)nc(-c3cccc(-n4c5ccccc5c5cc6oc7ccccc7c6cc54)c3)n2)cc1. The lowest BCUT2D eigenvalue weighted by atomic mass is 9.82. The number of furan rings is 1. The van der Waals surface area contributed by atoms with Crippen LogP contribution in [-0.2, 0) is 5.41 Å². The van der Waals surface area contributed by atoms with Crippen molar-refractivity contribution in [1.82, 2.24) is 34.1 Å². The topological polar surface area (TPSA) is 111 Å². The van der Waals surface area contributed by atoms with Crippen LogP contribution < -0.4 is 0 Å². The first kappa shape index (κ1) is 57.5. The molecule has 13 aromatic carbocycles. The Morgan fingerprint density at radius 2 is 0.776 bits per heavy atom. The predicted molar refractivity (Wildman–Crippen MR) is 398 cm³/mol. The molecule has 0 fully saturated rings. The van der Waals surface area contributed by atoms with E-state index in [-0.39, 0.29) is 5.41 Å². The first-order valence-corrected chi connectivity index (χ1v) is 32.9. The van der Waals surface area contributed by atoms with Crippen LogP contribution in [0.15, 0.2) is 320 Å². The molecule has 0 atom stereocenters. The second-order valence-electron chi connectivity index (χ2n) is 25.5. The van der Waals surface area contributed by atoms with Gasteiger partial charge >= 0.3 is 0 Å². The summed E-state index contributed by atoms with van der Waals surface area (Å²) in [5.74, 6) is 2.57. The average Bonchev–Trinajstić information content (AvgIpc) is 1.56. The van der Waals surface area contributed by atoms with Crippen molar-refractivity contribution in [3.63, 3.8) is 0 Å². The summed E-state index contributed by atoms with van der Waals surface area (Å²) in [5.41, 5.74) is 24.0. The Morgan fingerprint density at radius 1 is 0.296 bits per heavy atom. The first-order chi connectivity index (χ1) is 48.3. The van der Waals surface area contributed by atoms with E-state index in [1.165, 1.54) is 49.7 Å². The van der Waals surface area contributed by atoms with Crippen molar-refractivity contribution >= 4 is 65.6 Å². The molecule has 9 heteroatoms. The number of rotatable bonds is 9. The number of aromatic nitrogens is 7. The lowest BCUT2D eigenvalue weighted by Crippen LogP contribution is -2.14. The summed E-state index contributed by atoms with van der Waals surface area (Å²) in [7, 11) is 0. The van der Waals surface area contributed by atoms with E-state index in [0.29, 0.717) is 28.9 Å². The highest BCUT2D eigenvalue weighted by Gasteiger charge is 2.36. The van der Waals surface area contributed by atoms with E-state index in [1.807, 2.05) is 121 Å². The number of nitriles is 1. The van der Waals surface area contributed by atoms with Crippen molar-refractivity contribution in [2.24, 2.45) is 0 Å². The van der Waals surface area contributed by atoms with E-state index in [0.717, 1.165) is 105 Å². The van der Waals surface area contributed by atoms with E-state index >= 15 is 0 Å². The van der Waals surface area contributed by atoms with Crippen molar-refractivity contribution in [3.8, 4) is 108 Å². The minimum absolute atomic E-state index is 0.120. The molecule has 0 radical (unpaired) electrons. The van der Waals surface area contributed by atoms with E-state index < -0.39 is 0 Å². The molecule has 5 heterocycles. The van der Waals surface area contributed by atoms with Crippen molar-refractivity contribution in [2.75, 3.05) is 0 Å². The van der Waals surface area contributed by atoms with Gasteiger partial charge in [0.2, 0.25) is 0 Å². The van der Waals surface area contributed by atoms with Crippen LogP contribution in [-0.4, -0.2) is 34.1 Å². The number of hydrogen-bond donors (Lipinski definition) is 0. The molecule has 1 aliphatic rings. The highest BCUT2D eigenvalue weighted by Crippen LogP contribution is 2.51. The first-order valence-electron chi connectivity index (χ1n) is 32.9. The number of hydrogen-bond acceptors (Lipinski definition) is 7. The molecule has 5 aromatic heterocycles. The molecule has 0 spiro atoms. The normalized spacial score (nSPS) is 12.3. The fraction of sp³-hybridized carbons (Fsp3) is 0.0337. The Balaban J connectivity index is 0.000000143. The van der Waals surface area contributed by atoms with E-state index in [4.69, 9.17) is 29.3 Å². The Kier molecular flexibility index (Phi) is 13.7. The van der Waals surface area contributed by atoms with Crippen molar-refractivity contribution in [1.29, 1.82) is 5.26 Å². The fourth-order valence-corrected chi connectivity index (χ4v) is 14.5. The highest BCUT2D eigenvalue weighted by atomic mass is 16.3. The Labute approximate surface area is 565 Å². The predicted octanol–water partition coefficient (Wildman–Crippen LogP) is 22.3. The molecule has 0 aliphatic heterocycles. The Hall–Kier alpha value is -13.2. The summed E-state index contributed by atoms with van der Waals surface area (Å²) in [6.07, 6.45) is 0. The quantitative estimate of drug-likeness (QED) is 0.141. The lowest BCUT2D eigenvalue weighted by Gasteiger charge is -2.21. The summed E-state index contributed by atoms with van der Waals surface area (Å²) in [4.78, 5) is 25.1. The van der Waals surface area contributed by atoms with Crippen LogP contribution in [0.25, 0.3) is 167 Å². The summed E-state index contributed by atoms with van der Waals surface area (Å²) in [5, 5.41) is 16.3. The number of para-hydroxylation sites is 2. The van der Waals surface area contributed by atoms with Gasteiger partial charge in [-0.05, 0) is 124 Å². The maximum atomic E-state index is 9.33. The van der Waals surface area contributed by atoms with E-state index in [2.05, 4.69) is 223 Å². The zero-order chi connectivity index (χ0) is 65.4. The molecule has 0 saturated carbocycles. The molecule has 98 heavy (non-hydrogen) atoms. The van der Waals surface area contributed by atoms with Gasteiger partial charge in [0.15, 0.2) is 23.3 Å². The molecular weight excluding hydrogens is 1200 g/mol. The van der Waals surface area contributed by atoms with Gasteiger partial charge in [-0.25, -0.2) is 24.9 Å². The average molecular weight is 1260 g/mol. The van der Waals surface area contributed by atoms with Crippen LogP contribution in [0.5, 0.6) is 0 Å². The van der Waals surface area contributed by atoms with E-state index in [9.17, 15) is 5.26 Å². The zero-order valence-corrected chi connectivity index (χ0v) is 53.5. The smallest absolute Gasteiger partial charge is 0.164 e. The fourth-order valence-electron chi connectivity index (χ4n) is 14.5. The summed E-state index contributed by atoms with van der Waals surface area (Å²) in [6, 6.07) is 112. The third-order valence-corrected chi connectivity index (χ3v) is 19.3. The second kappa shape index (κ2) is 23.4. The molecule has 18 aromatic rings. The van der Waals surface area contributed by atoms with Crippen LogP contribution in [0.1, 0.15) is 30.5 Å². The monoisotopic (exact) mass is 1250 g/mol. The summed E-state index contributed by atoms with van der Waals surface area (Å²) >= 11 is 0. The molecule has 460 valence electrons. The second-order valence-corrected chi connectivity index (χ2v) is 25.5. The van der Waals surface area contributed by atoms with Gasteiger partial charge in [-0.15, -0.1) is 0 Å². The Morgan fingerprint density at radius 3 is 1.42 bits per heavy atom.